The molecule has 0 aromatic heterocycles. The lowest BCUT2D eigenvalue weighted by atomic mass is 9.93. The van der Waals surface area contributed by atoms with E-state index in [9.17, 15) is 0 Å². The maximum Gasteiger partial charge on any atom is 0.122 e. The van der Waals surface area contributed by atoms with Crippen molar-refractivity contribution < 1.29 is 9.47 Å². The van der Waals surface area contributed by atoms with Gasteiger partial charge in [0.1, 0.15) is 5.75 Å². The number of nitrogens with one attached hydrogen (secondary N) is 1. The SMILES string of the molecule is COc1cc(C)c(CCC2CNCCO2)c(C)c1C. The third-order valence-electron chi connectivity index (χ3n) is 4.15. The molecule has 1 heterocycles. The molecule has 106 valence electrons. The normalized spacial score (nSPS) is 19.5. The predicted octanol–water partition coefficient (Wildman–Crippen LogP) is 2.54. The largest absolute Gasteiger partial charge is 0.496 e. The number of benzene rings is 1. The van der Waals surface area contributed by atoms with Gasteiger partial charge in [0, 0.05) is 13.1 Å². The molecule has 0 saturated carbocycles. The highest BCUT2D eigenvalue weighted by molar-refractivity contribution is 5.48. The van der Waals surface area contributed by atoms with E-state index in [-0.39, 0.29) is 0 Å². The van der Waals surface area contributed by atoms with E-state index >= 15 is 0 Å². The number of hydrogen-bond acceptors (Lipinski definition) is 3. The first-order valence-electron chi connectivity index (χ1n) is 7.09. The van der Waals surface area contributed by atoms with Crippen LogP contribution in [0.15, 0.2) is 6.07 Å². The molecule has 0 spiro atoms. The van der Waals surface area contributed by atoms with Crippen LogP contribution >= 0.6 is 0 Å². The van der Waals surface area contributed by atoms with Crippen LogP contribution in [0.3, 0.4) is 0 Å². The Hall–Kier alpha value is -1.06. The molecule has 1 saturated heterocycles. The maximum atomic E-state index is 5.77. The molecule has 1 aliphatic rings. The van der Waals surface area contributed by atoms with Gasteiger partial charge in [-0.3, -0.25) is 0 Å². The lowest BCUT2D eigenvalue weighted by Gasteiger charge is -2.24. The molecular weight excluding hydrogens is 238 g/mol. The van der Waals surface area contributed by atoms with Gasteiger partial charge in [-0.1, -0.05) is 0 Å². The molecule has 19 heavy (non-hydrogen) atoms. The Labute approximate surface area is 116 Å². The molecule has 0 amide bonds. The van der Waals surface area contributed by atoms with Crippen LogP contribution in [0, 0.1) is 20.8 Å². The van der Waals surface area contributed by atoms with Crippen LogP contribution in [0.5, 0.6) is 5.75 Å². The molecule has 1 aromatic carbocycles. The van der Waals surface area contributed by atoms with E-state index in [0.717, 1.165) is 38.3 Å². The van der Waals surface area contributed by atoms with E-state index < -0.39 is 0 Å². The molecule has 1 N–H and O–H groups in total. The molecule has 1 atom stereocenters. The number of aryl methyl sites for hydroxylation is 1. The number of hydrogen-bond donors (Lipinski definition) is 1. The standard InChI is InChI=1S/C16H25NO2/c1-11-9-16(18-4)13(3)12(2)15(11)6-5-14-10-17-7-8-19-14/h9,14,17H,5-8,10H2,1-4H3. The highest BCUT2D eigenvalue weighted by Crippen LogP contribution is 2.28. The monoisotopic (exact) mass is 263 g/mol. The summed E-state index contributed by atoms with van der Waals surface area (Å²) >= 11 is 0. The van der Waals surface area contributed by atoms with Crippen molar-refractivity contribution in [3.63, 3.8) is 0 Å². The maximum absolute atomic E-state index is 5.77. The summed E-state index contributed by atoms with van der Waals surface area (Å²) in [5.74, 6) is 0.995. The van der Waals surface area contributed by atoms with Crippen LogP contribution in [0.1, 0.15) is 28.7 Å². The minimum Gasteiger partial charge on any atom is -0.496 e. The molecule has 1 fully saturated rings. The highest BCUT2D eigenvalue weighted by Gasteiger charge is 2.16. The minimum atomic E-state index is 0.356. The number of methoxy groups -OCH3 is 1. The zero-order valence-electron chi connectivity index (χ0n) is 12.5. The summed E-state index contributed by atoms with van der Waals surface area (Å²) in [6, 6.07) is 2.15. The summed E-state index contributed by atoms with van der Waals surface area (Å²) in [6.07, 6.45) is 2.52. The van der Waals surface area contributed by atoms with Crippen molar-refractivity contribution in [3.05, 3.63) is 28.3 Å². The zero-order valence-corrected chi connectivity index (χ0v) is 12.5. The Morgan fingerprint density at radius 1 is 1.32 bits per heavy atom. The van der Waals surface area contributed by atoms with Gasteiger partial charge in [0.25, 0.3) is 0 Å². The van der Waals surface area contributed by atoms with E-state index in [4.69, 9.17) is 9.47 Å². The number of morpholine rings is 1. The predicted molar refractivity (Wildman–Crippen MR) is 78.1 cm³/mol. The summed E-state index contributed by atoms with van der Waals surface area (Å²) in [6.45, 7) is 9.30. The van der Waals surface area contributed by atoms with E-state index in [2.05, 4.69) is 32.2 Å². The number of rotatable bonds is 4. The van der Waals surface area contributed by atoms with Crippen molar-refractivity contribution in [2.75, 3.05) is 26.8 Å². The van der Waals surface area contributed by atoms with Crippen LogP contribution in [-0.2, 0) is 11.2 Å². The van der Waals surface area contributed by atoms with Gasteiger partial charge in [-0.15, -0.1) is 0 Å². The van der Waals surface area contributed by atoms with Crippen molar-refractivity contribution in [1.82, 2.24) is 5.32 Å². The first-order valence-corrected chi connectivity index (χ1v) is 7.09. The third-order valence-corrected chi connectivity index (χ3v) is 4.15. The zero-order chi connectivity index (χ0) is 13.8. The molecule has 0 bridgehead atoms. The van der Waals surface area contributed by atoms with Crippen LogP contribution in [0.4, 0.5) is 0 Å². The molecule has 2 rings (SSSR count). The van der Waals surface area contributed by atoms with Crippen LogP contribution in [0.25, 0.3) is 0 Å². The number of ether oxygens (including phenoxy) is 2. The summed E-state index contributed by atoms with van der Waals surface area (Å²) in [4.78, 5) is 0. The quantitative estimate of drug-likeness (QED) is 0.905. The van der Waals surface area contributed by atoms with Crippen LogP contribution in [0.2, 0.25) is 0 Å². The van der Waals surface area contributed by atoms with Crippen LogP contribution < -0.4 is 10.1 Å². The van der Waals surface area contributed by atoms with E-state index in [0.29, 0.717) is 6.10 Å². The Balaban J connectivity index is 2.09. The fourth-order valence-electron chi connectivity index (χ4n) is 2.81. The summed E-state index contributed by atoms with van der Waals surface area (Å²) in [7, 11) is 1.74. The summed E-state index contributed by atoms with van der Waals surface area (Å²) in [5.41, 5.74) is 5.39. The molecule has 3 heteroatoms. The van der Waals surface area contributed by atoms with Gasteiger partial charge < -0.3 is 14.8 Å². The van der Waals surface area contributed by atoms with Gasteiger partial charge >= 0.3 is 0 Å². The van der Waals surface area contributed by atoms with Gasteiger partial charge in [0.2, 0.25) is 0 Å². The van der Waals surface area contributed by atoms with E-state index in [1.807, 2.05) is 0 Å². The van der Waals surface area contributed by atoms with Crippen molar-refractivity contribution in [2.45, 2.75) is 39.7 Å². The van der Waals surface area contributed by atoms with E-state index in [1.165, 1.54) is 22.3 Å². The van der Waals surface area contributed by atoms with Crippen molar-refractivity contribution in [3.8, 4) is 5.75 Å². The molecule has 0 radical (unpaired) electrons. The molecule has 1 aromatic rings. The van der Waals surface area contributed by atoms with Gasteiger partial charge in [-0.25, -0.2) is 0 Å². The van der Waals surface area contributed by atoms with Gasteiger partial charge in [-0.05, 0) is 61.9 Å². The van der Waals surface area contributed by atoms with Crippen molar-refractivity contribution in [2.24, 2.45) is 0 Å². The Morgan fingerprint density at radius 3 is 2.74 bits per heavy atom. The molecule has 1 aliphatic heterocycles. The molecular formula is C16H25NO2. The average Bonchev–Trinajstić information content (AvgIpc) is 2.44. The fourth-order valence-corrected chi connectivity index (χ4v) is 2.81. The van der Waals surface area contributed by atoms with Crippen molar-refractivity contribution >= 4 is 0 Å². The van der Waals surface area contributed by atoms with Gasteiger partial charge in [0.05, 0.1) is 19.8 Å². The Bertz CT molecular complexity index is 437. The summed E-state index contributed by atoms with van der Waals surface area (Å²) < 4.78 is 11.2. The average molecular weight is 263 g/mol. The van der Waals surface area contributed by atoms with Gasteiger partial charge in [-0.2, -0.15) is 0 Å². The lowest BCUT2D eigenvalue weighted by Crippen LogP contribution is -2.38. The minimum absolute atomic E-state index is 0.356. The molecule has 3 nitrogen and oxygen atoms in total. The Morgan fingerprint density at radius 2 is 2.11 bits per heavy atom. The molecule has 0 aliphatic carbocycles. The van der Waals surface area contributed by atoms with E-state index in [1.54, 1.807) is 7.11 Å². The Kier molecular flexibility index (Phi) is 4.83. The smallest absolute Gasteiger partial charge is 0.122 e. The summed E-state index contributed by atoms with van der Waals surface area (Å²) in [5, 5.41) is 3.38. The topological polar surface area (TPSA) is 30.5 Å². The first kappa shape index (κ1) is 14.4. The first-order chi connectivity index (χ1) is 9.13. The fraction of sp³-hybridized carbons (Fsp3) is 0.625. The van der Waals surface area contributed by atoms with Crippen molar-refractivity contribution in [1.29, 1.82) is 0 Å². The second kappa shape index (κ2) is 6.40. The molecule has 1 unspecified atom stereocenters. The second-order valence-electron chi connectivity index (χ2n) is 5.36. The lowest BCUT2D eigenvalue weighted by molar-refractivity contribution is 0.0238. The highest BCUT2D eigenvalue weighted by atomic mass is 16.5. The van der Waals surface area contributed by atoms with Crippen LogP contribution in [-0.4, -0.2) is 32.9 Å². The third kappa shape index (κ3) is 3.28. The van der Waals surface area contributed by atoms with Gasteiger partial charge in [0.15, 0.2) is 0 Å². The second-order valence-corrected chi connectivity index (χ2v) is 5.36.